The summed E-state index contributed by atoms with van der Waals surface area (Å²) in [5.74, 6) is 0.178. The molecule has 1 N–H and O–H groups in total. The van der Waals surface area contributed by atoms with Crippen molar-refractivity contribution >= 4 is 23.2 Å². The van der Waals surface area contributed by atoms with Crippen LogP contribution in [0.4, 0.5) is 11.4 Å². The fraction of sp³-hybridized carbons (Fsp3) is 0.125. The smallest absolute Gasteiger partial charge is 0.258 e. The monoisotopic (exact) mass is 282 g/mol. The van der Waals surface area contributed by atoms with Crippen LogP contribution in [0.2, 0.25) is 0 Å². The standard InChI is InChI=1S/C16H14N2O3/c1-21-12-6-4-5-11(9-12)16(20)18-10-15(19)17-13-7-2-3-8-14(13)18/h2-9H,10H2,1H3,(H,17,19). The number of hydrogen-bond acceptors (Lipinski definition) is 3. The van der Waals surface area contributed by atoms with Gasteiger partial charge in [-0.05, 0) is 30.3 Å². The number of nitrogens with one attached hydrogen (secondary N) is 1. The summed E-state index contributed by atoms with van der Waals surface area (Å²) in [5.41, 5.74) is 1.83. The molecule has 2 aromatic carbocycles. The largest absolute Gasteiger partial charge is 0.497 e. The zero-order chi connectivity index (χ0) is 14.8. The molecule has 0 aliphatic carbocycles. The Morgan fingerprint density at radius 2 is 2.00 bits per heavy atom. The van der Waals surface area contributed by atoms with Gasteiger partial charge in [-0.25, -0.2) is 0 Å². The van der Waals surface area contributed by atoms with Gasteiger partial charge in [-0.1, -0.05) is 18.2 Å². The molecule has 5 nitrogen and oxygen atoms in total. The molecule has 0 unspecified atom stereocenters. The molecule has 0 saturated carbocycles. The molecule has 0 saturated heterocycles. The van der Waals surface area contributed by atoms with Gasteiger partial charge in [0, 0.05) is 5.56 Å². The minimum absolute atomic E-state index is 0.00700. The number of para-hydroxylation sites is 2. The molecule has 3 rings (SSSR count). The average Bonchev–Trinajstić information content (AvgIpc) is 2.53. The highest BCUT2D eigenvalue weighted by Crippen LogP contribution is 2.30. The normalized spacial score (nSPS) is 13.4. The lowest BCUT2D eigenvalue weighted by molar-refractivity contribution is -0.115. The third-order valence-corrected chi connectivity index (χ3v) is 3.33. The Labute approximate surface area is 122 Å². The maximum atomic E-state index is 12.7. The lowest BCUT2D eigenvalue weighted by Gasteiger charge is -2.29. The summed E-state index contributed by atoms with van der Waals surface area (Å²) >= 11 is 0. The van der Waals surface area contributed by atoms with Gasteiger partial charge in [0.15, 0.2) is 0 Å². The highest BCUT2D eigenvalue weighted by molar-refractivity contribution is 6.15. The van der Waals surface area contributed by atoms with Crippen molar-refractivity contribution in [2.45, 2.75) is 0 Å². The number of benzene rings is 2. The number of carbonyl (C=O) groups is 2. The quantitative estimate of drug-likeness (QED) is 0.919. The molecule has 21 heavy (non-hydrogen) atoms. The second-order valence-corrected chi connectivity index (χ2v) is 4.69. The summed E-state index contributed by atoms with van der Waals surface area (Å²) in [7, 11) is 1.55. The number of ether oxygens (including phenoxy) is 1. The van der Waals surface area contributed by atoms with Crippen molar-refractivity contribution in [3.05, 3.63) is 54.1 Å². The second kappa shape index (κ2) is 5.28. The van der Waals surface area contributed by atoms with E-state index in [1.165, 1.54) is 4.90 Å². The lowest BCUT2D eigenvalue weighted by atomic mass is 10.1. The first-order valence-corrected chi connectivity index (χ1v) is 6.54. The fourth-order valence-electron chi connectivity index (χ4n) is 2.33. The van der Waals surface area contributed by atoms with E-state index in [0.717, 1.165) is 0 Å². The molecule has 5 heteroatoms. The number of carbonyl (C=O) groups excluding carboxylic acids is 2. The molecule has 1 heterocycles. The maximum Gasteiger partial charge on any atom is 0.258 e. The molecule has 1 aliphatic heterocycles. The van der Waals surface area contributed by atoms with Crippen LogP contribution in [-0.2, 0) is 4.79 Å². The Balaban J connectivity index is 1.99. The van der Waals surface area contributed by atoms with Crippen molar-refractivity contribution in [3.63, 3.8) is 0 Å². The molecule has 106 valence electrons. The highest BCUT2D eigenvalue weighted by Gasteiger charge is 2.27. The predicted molar refractivity (Wildman–Crippen MR) is 79.7 cm³/mol. The van der Waals surface area contributed by atoms with Crippen LogP contribution in [0.3, 0.4) is 0 Å². The number of anilines is 2. The van der Waals surface area contributed by atoms with E-state index in [2.05, 4.69) is 5.32 Å². The van der Waals surface area contributed by atoms with E-state index in [1.807, 2.05) is 18.2 Å². The van der Waals surface area contributed by atoms with Gasteiger partial charge in [-0.3, -0.25) is 14.5 Å². The predicted octanol–water partition coefficient (Wildman–Crippen LogP) is 2.29. The first kappa shape index (κ1) is 13.2. The molecule has 1 aliphatic rings. The second-order valence-electron chi connectivity index (χ2n) is 4.69. The van der Waals surface area contributed by atoms with Crippen LogP contribution < -0.4 is 15.0 Å². The fourth-order valence-corrected chi connectivity index (χ4v) is 2.33. The van der Waals surface area contributed by atoms with Gasteiger partial charge < -0.3 is 10.1 Å². The first-order chi connectivity index (χ1) is 10.2. The van der Waals surface area contributed by atoms with Crippen molar-refractivity contribution in [2.24, 2.45) is 0 Å². The summed E-state index contributed by atoms with van der Waals surface area (Å²) in [6, 6.07) is 14.1. The third kappa shape index (κ3) is 2.45. The van der Waals surface area contributed by atoms with Crippen molar-refractivity contribution in [1.82, 2.24) is 0 Å². The number of hydrogen-bond donors (Lipinski definition) is 1. The molecule has 0 atom stereocenters. The minimum atomic E-state index is -0.226. The summed E-state index contributed by atoms with van der Waals surface area (Å²) < 4.78 is 5.13. The Bertz CT molecular complexity index is 712. The van der Waals surface area contributed by atoms with Gasteiger partial charge in [0.2, 0.25) is 5.91 Å². The molecule has 2 aromatic rings. The van der Waals surface area contributed by atoms with Crippen LogP contribution in [0.1, 0.15) is 10.4 Å². The van der Waals surface area contributed by atoms with Crippen molar-refractivity contribution in [3.8, 4) is 5.75 Å². The van der Waals surface area contributed by atoms with E-state index in [-0.39, 0.29) is 18.4 Å². The van der Waals surface area contributed by atoms with Gasteiger partial charge >= 0.3 is 0 Å². The molecular weight excluding hydrogens is 268 g/mol. The van der Waals surface area contributed by atoms with E-state index in [9.17, 15) is 9.59 Å². The molecule has 0 fully saturated rings. The van der Waals surface area contributed by atoms with Crippen LogP contribution in [-0.4, -0.2) is 25.5 Å². The SMILES string of the molecule is COc1cccc(C(=O)N2CC(=O)Nc3ccccc32)c1. The number of amides is 2. The van der Waals surface area contributed by atoms with Gasteiger partial charge in [-0.2, -0.15) is 0 Å². The van der Waals surface area contributed by atoms with Gasteiger partial charge in [0.1, 0.15) is 12.3 Å². The zero-order valence-electron chi connectivity index (χ0n) is 11.5. The minimum Gasteiger partial charge on any atom is -0.497 e. The van der Waals surface area contributed by atoms with E-state index < -0.39 is 0 Å². The van der Waals surface area contributed by atoms with Crippen molar-refractivity contribution in [1.29, 1.82) is 0 Å². The van der Waals surface area contributed by atoms with E-state index >= 15 is 0 Å². The summed E-state index contributed by atoms with van der Waals surface area (Å²) in [4.78, 5) is 25.9. The van der Waals surface area contributed by atoms with Crippen molar-refractivity contribution in [2.75, 3.05) is 23.9 Å². The van der Waals surface area contributed by atoms with Crippen LogP contribution in [0.5, 0.6) is 5.75 Å². The molecule has 2 amide bonds. The third-order valence-electron chi connectivity index (χ3n) is 3.33. The average molecular weight is 282 g/mol. The van der Waals surface area contributed by atoms with E-state index in [1.54, 1.807) is 37.4 Å². The molecule has 0 spiro atoms. The Morgan fingerprint density at radius 1 is 1.19 bits per heavy atom. The van der Waals surface area contributed by atoms with Crippen LogP contribution >= 0.6 is 0 Å². The topological polar surface area (TPSA) is 58.6 Å². The summed E-state index contributed by atoms with van der Waals surface area (Å²) in [6.45, 7) is 0.00700. The first-order valence-electron chi connectivity index (χ1n) is 6.54. The van der Waals surface area contributed by atoms with Crippen LogP contribution in [0, 0.1) is 0 Å². The summed E-state index contributed by atoms with van der Waals surface area (Å²) in [6.07, 6.45) is 0. The zero-order valence-corrected chi connectivity index (χ0v) is 11.5. The molecular formula is C16H14N2O3. The number of rotatable bonds is 2. The molecule has 0 radical (unpaired) electrons. The van der Waals surface area contributed by atoms with Gasteiger partial charge in [0.25, 0.3) is 5.91 Å². The van der Waals surface area contributed by atoms with Crippen LogP contribution in [0.25, 0.3) is 0 Å². The van der Waals surface area contributed by atoms with Crippen molar-refractivity contribution < 1.29 is 14.3 Å². The van der Waals surface area contributed by atoms with Crippen LogP contribution in [0.15, 0.2) is 48.5 Å². The van der Waals surface area contributed by atoms with Gasteiger partial charge in [0.05, 0.1) is 18.5 Å². The maximum absolute atomic E-state index is 12.7. The van der Waals surface area contributed by atoms with E-state index in [0.29, 0.717) is 22.7 Å². The Morgan fingerprint density at radius 3 is 2.81 bits per heavy atom. The Hall–Kier alpha value is -2.82. The van der Waals surface area contributed by atoms with E-state index in [4.69, 9.17) is 4.74 Å². The van der Waals surface area contributed by atoms with Gasteiger partial charge in [-0.15, -0.1) is 0 Å². The number of methoxy groups -OCH3 is 1. The highest BCUT2D eigenvalue weighted by atomic mass is 16.5. The lowest BCUT2D eigenvalue weighted by Crippen LogP contribution is -2.42. The number of fused-ring (bicyclic) bond motifs is 1. The molecule has 0 bridgehead atoms. The molecule has 0 aromatic heterocycles. The summed E-state index contributed by atoms with van der Waals surface area (Å²) in [5, 5.41) is 2.76. The number of nitrogens with zero attached hydrogens (tertiary/aromatic N) is 1. The Kier molecular flexibility index (Phi) is 3.31.